The lowest BCUT2D eigenvalue weighted by Crippen LogP contribution is -2.10. The second kappa shape index (κ2) is 6.12. The van der Waals surface area contributed by atoms with Gasteiger partial charge in [-0.15, -0.1) is 0 Å². The minimum absolute atomic E-state index is 0.0931. The number of benzene rings is 1. The second-order valence-electron chi connectivity index (χ2n) is 6.08. The lowest BCUT2D eigenvalue weighted by Gasteiger charge is -2.19. The first-order valence-electron chi connectivity index (χ1n) is 7.26. The molecular formula is C17H23N3O. The van der Waals surface area contributed by atoms with Crippen LogP contribution in [0.3, 0.4) is 0 Å². The van der Waals surface area contributed by atoms with Crippen molar-refractivity contribution in [3.63, 3.8) is 0 Å². The highest BCUT2D eigenvalue weighted by atomic mass is 16.5. The normalized spacial score (nSPS) is 11.3. The van der Waals surface area contributed by atoms with E-state index in [0.717, 1.165) is 18.0 Å². The summed E-state index contributed by atoms with van der Waals surface area (Å²) in [6.07, 6.45) is 0. The van der Waals surface area contributed by atoms with E-state index in [1.54, 1.807) is 0 Å². The van der Waals surface area contributed by atoms with Gasteiger partial charge in [-0.2, -0.15) is 4.98 Å². The maximum Gasteiger partial charge on any atom is 0.226 e. The first kappa shape index (κ1) is 15.3. The van der Waals surface area contributed by atoms with E-state index in [2.05, 4.69) is 48.2 Å². The minimum Gasteiger partial charge on any atom is -0.439 e. The van der Waals surface area contributed by atoms with Gasteiger partial charge in [-0.05, 0) is 37.0 Å². The maximum atomic E-state index is 5.89. The molecule has 112 valence electrons. The molecule has 0 saturated heterocycles. The lowest BCUT2D eigenvalue weighted by atomic mass is 9.87. The van der Waals surface area contributed by atoms with E-state index in [1.165, 1.54) is 5.56 Å². The molecule has 4 nitrogen and oxygen atoms in total. The van der Waals surface area contributed by atoms with Crippen LogP contribution in [-0.4, -0.2) is 16.5 Å². The average molecular weight is 285 g/mol. The molecule has 0 saturated carbocycles. The number of hydrogen-bond acceptors (Lipinski definition) is 4. The van der Waals surface area contributed by atoms with Crippen molar-refractivity contribution in [2.24, 2.45) is 0 Å². The summed E-state index contributed by atoms with van der Waals surface area (Å²) in [5, 5.41) is 3.11. The summed E-state index contributed by atoms with van der Waals surface area (Å²) in [4.78, 5) is 8.69. The van der Waals surface area contributed by atoms with E-state index in [-0.39, 0.29) is 5.41 Å². The van der Waals surface area contributed by atoms with Gasteiger partial charge in [0.15, 0.2) is 0 Å². The zero-order chi connectivity index (χ0) is 15.5. The zero-order valence-corrected chi connectivity index (χ0v) is 13.4. The van der Waals surface area contributed by atoms with Crippen LogP contribution < -0.4 is 10.1 Å². The fraction of sp³-hybridized carbons (Fsp3) is 0.412. The van der Waals surface area contributed by atoms with E-state index in [0.29, 0.717) is 11.8 Å². The summed E-state index contributed by atoms with van der Waals surface area (Å²) >= 11 is 0. The Morgan fingerprint density at radius 3 is 2.57 bits per heavy atom. The first-order chi connectivity index (χ1) is 9.88. The van der Waals surface area contributed by atoms with Crippen molar-refractivity contribution in [1.82, 2.24) is 9.97 Å². The van der Waals surface area contributed by atoms with Crippen LogP contribution in [0.1, 0.15) is 39.0 Å². The van der Waals surface area contributed by atoms with E-state index < -0.39 is 0 Å². The molecule has 0 atom stereocenters. The topological polar surface area (TPSA) is 47.0 Å². The Balaban J connectivity index is 2.26. The molecule has 0 unspecified atom stereocenters. The highest BCUT2D eigenvalue weighted by molar-refractivity contribution is 5.37. The molecule has 0 radical (unpaired) electrons. The molecule has 0 aliphatic carbocycles. The van der Waals surface area contributed by atoms with Crippen LogP contribution >= 0.6 is 0 Å². The monoisotopic (exact) mass is 285 g/mol. The number of rotatable bonds is 4. The van der Waals surface area contributed by atoms with Crippen LogP contribution in [0.4, 0.5) is 5.95 Å². The van der Waals surface area contributed by atoms with Crippen molar-refractivity contribution >= 4 is 5.95 Å². The minimum atomic E-state index is 0.0931. The smallest absolute Gasteiger partial charge is 0.226 e. The Labute approximate surface area is 126 Å². The first-order valence-corrected chi connectivity index (χ1v) is 7.26. The molecule has 0 fully saturated rings. The van der Waals surface area contributed by atoms with Gasteiger partial charge in [0.2, 0.25) is 11.8 Å². The summed E-state index contributed by atoms with van der Waals surface area (Å²) in [6, 6.07) is 9.96. The number of aromatic nitrogens is 2. The third-order valence-corrected chi connectivity index (χ3v) is 3.09. The number of aryl methyl sites for hydroxylation is 1. The van der Waals surface area contributed by atoms with Crippen LogP contribution in [0.15, 0.2) is 30.3 Å². The SMILES string of the molecule is CCNc1nc(C)cc(Oc2cccc(C(C)(C)C)c2)n1. The molecule has 1 aromatic carbocycles. The van der Waals surface area contributed by atoms with Crippen LogP contribution in [0.25, 0.3) is 0 Å². The van der Waals surface area contributed by atoms with Gasteiger partial charge in [-0.3, -0.25) is 0 Å². The molecule has 4 heteroatoms. The quantitative estimate of drug-likeness (QED) is 0.909. The number of hydrogen-bond donors (Lipinski definition) is 1. The highest BCUT2D eigenvalue weighted by Crippen LogP contribution is 2.28. The zero-order valence-electron chi connectivity index (χ0n) is 13.4. The Hall–Kier alpha value is -2.10. The van der Waals surface area contributed by atoms with Crippen molar-refractivity contribution in [1.29, 1.82) is 0 Å². The standard InChI is InChI=1S/C17H23N3O/c1-6-18-16-19-12(2)10-15(20-16)21-14-9-7-8-13(11-14)17(3,4)5/h7-11H,6H2,1-5H3,(H,18,19,20). The molecule has 21 heavy (non-hydrogen) atoms. The fourth-order valence-corrected chi connectivity index (χ4v) is 1.98. The number of ether oxygens (including phenoxy) is 1. The van der Waals surface area contributed by atoms with Crippen molar-refractivity contribution in [3.8, 4) is 11.6 Å². The average Bonchev–Trinajstić information content (AvgIpc) is 2.37. The molecule has 2 rings (SSSR count). The Morgan fingerprint density at radius 2 is 1.90 bits per heavy atom. The number of nitrogens with one attached hydrogen (secondary N) is 1. The van der Waals surface area contributed by atoms with Crippen LogP contribution in [0, 0.1) is 6.92 Å². The van der Waals surface area contributed by atoms with Crippen LogP contribution in [0.5, 0.6) is 11.6 Å². The third kappa shape index (κ3) is 4.18. The molecule has 1 N–H and O–H groups in total. The highest BCUT2D eigenvalue weighted by Gasteiger charge is 2.14. The maximum absolute atomic E-state index is 5.89. The van der Waals surface area contributed by atoms with E-state index >= 15 is 0 Å². The van der Waals surface area contributed by atoms with Crippen molar-refractivity contribution in [2.45, 2.75) is 40.0 Å². The summed E-state index contributed by atoms with van der Waals surface area (Å²) in [5.74, 6) is 1.95. The van der Waals surface area contributed by atoms with Gasteiger partial charge in [-0.1, -0.05) is 32.9 Å². The van der Waals surface area contributed by atoms with Gasteiger partial charge >= 0.3 is 0 Å². The van der Waals surface area contributed by atoms with Gasteiger partial charge in [0, 0.05) is 18.3 Å². The van der Waals surface area contributed by atoms with Crippen molar-refractivity contribution in [3.05, 3.63) is 41.6 Å². The number of nitrogens with zero attached hydrogens (tertiary/aromatic N) is 2. The predicted octanol–water partition coefficient (Wildman–Crippen LogP) is 4.31. The van der Waals surface area contributed by atoms with E-state index in [4.69, 9.17) is 4.74 Å². The second-order valence-corrected chi connectivity index (χ2v) is 6.08. The molecule has 0 aliphatic rings. The van der Waals surface area contributed by atoms with E-state index in [9.17, 15) is 0 Å². The van der Waals surface area contributed by atoms with Crippen molar-refractivity contribution < 1.29 is 4.74 Å². The summed E-state index contributed by atoms with van der Waals surface area (Å²) in [5.41, 5.74) is 2.20. The Bertz CT molecular complexity index is 618. The van der Waals surface area contributed by atoms with Gasteiger partial charge in [0.25, 0.3) is 0 Å². The van der Waals surface area contributed by atoms with Crippen molar-refractivity contribution in [2.75, 3.05) is 11.9 Å². The Kier molecular flexibility index (Phi) is 4.46. The number of anilines is 1. The van der Waals surface area contributed by atoms with E-state index in [1.807, 2.05) is 32.0 Å². The largest absolute Gasteiger partial charge is 0.439 e. The molecule has 2 aromatic rings. The molecule has 0 spiro atoms. The van der Waals surface area contributed by atoms with Gasteiger partial charge < -0.3 is 10.1 Å². The van der Waals surface area contributed by atoms with Crippen LogP contribution in [-0.2, 0) is 5.41 Å². The molecule has 0 aliphatic heterocycles. The molecule has 0 amide bonds. The van der Waals surface area contributed by atoms with Gasteiger partial charge in [0.1, 0.15) is 5.75 Å². The summed E-state index contributed by atoms with van der Waals surface area (Å²) in [7, 11) is 0. The summed E-state index contributed by atoms with van der Waals surface area (Å²) in [6.45, 7) is 11.3. The lowest BCUT2D eigenvalue weighted by molar-refractivity contribution is 0.458. The van der Waals surface area contributed by atoms with Gasteiger partial charge in [0.05, 0.1) is 0 Å². The fourth-order valence-electron chi connectivity index (χ4n) is 1.98. The molecule has 0 bridgehead atoms. The molecule has 1 aromatic heterocycles. The summed E-state index contributed by atoms with van der Waals surface area (Å²) < 4.78 is 5.89. The molecule has 1 heterocycles. The molecular weight excluding hydrogens is 262 g/mol. The van der Waals surface area contributed by atoms with Gasteiger partial charge in [-0.25, -0.2) is 4.98 Å². The predicted molar refractivity (Wildman–Crippen MR) is 86.1 cm³/mol. The Morgan fingerprint density at radius 1 is 1.14 bits per heavy atom. The third-order valence-electron chi connectivity index (χ3n) is 3.09. The van der Waals surface area contributed by atoms with Crippen LogP contribution in [0.2, 0.25) is 0 Å².